The molecule has 2 rings (SSSR count). The molecule has 0 atom stereocenters. The van der Waals surface area contributed by atoms with E-state index in [2.05, 4.69) is 20.8 Å². The third-order valence-corrected chi connectivity index (χ3v) is 4.98. The van der Waals surface area contributed by atoms with E-state index in [0.717, 1.165) is 25.0 Å². The van der Waals surface area contributed by atoms with E-state index in [0.29, 0.717) is 25.9 Å². The first-order valence-corrected chi connectivity index (χ1v) is 8.67. The van der Waals surface area contributed by atoms with E-state index in [1.807, 2.05) is 4.90 Å². The van der Waals surface area contributed by atoms with Gasteiger partial charge in [-0.15, -0.1) is 0 Å². The molecule has 122 valence electrons. The highest BCUT2D eigenvalue weighted by Crippen LogP contribution is 2.40. The maximum absolute atomic E-state index is 12.6. The van der Waals surface area contributed by atoms with Crippen LogP contribution in [0, 0.1) is 11.8 Å². The molecule has 7 heteroatoms. The van der Waals surface area contributed by atoms with Gasteiger partial charge in [0.1, 0.15) is 0 Å². The first kappa shape index (κ1) is 17.1. The van der Waals surface area contributed by atoms with Crippen LogP contribution in [0.1, 0.15) is 25.7 Å². The molecule has 1 saturated heterocycles. The minimum Gasteiger partial charge on any atom is -0.340 e. The zero-order chi connectivity index (χ0) is 15.5. The molecular weight excluding hydrogens is 349 g/mol. The monoisotopic (exact) mass is 370 g/mol. The molecule has 0 aromatic rings. The van der Waals surface area contributed by atoms with Crippen molar-refractivity contribution in [2.75, 3.05) is 38.1 Å². The van der Waals surface area contributed by atoms with Crippen molar-refractivity contribution in [2.45, 2.75) is 31.9 Å². The van der Waals surface area contributed by atoms with Crippen molar-refractivity contribution in [3.8, 4) is 0 Å². The van der Waals surface area contributed by atoms with Crippen molar-refractivity contribution >= 4 is 21.8 Å². The SMILES string of the molecule is O=C(C1CCC(C(F)(F)F)CC1)N1CCN(CCBr)CC1. The lowest BCUT2D eigenvalue weighted by molar-refractivity contribution is -0.185. The van der Waals surface area contributed by atoms with Gasteiger partial charge in [-0.2, -0.15) is 13.2 Å². The summed E-state index contributed by atoms with van der Waals surface area (Å²) in [5.74, 6) is -1.35. The molecular formula is C14H22BrF3N2O. The van der Waals surface area contributed by atoms with Gasteiger partial charge in [-0.25, -0.2) is 0 Å². The lowest BCUT2D eigenvalue weighted by Crippen LogP contribution is -2.51. The molecule has 3 nitrogen and oxygen atoms in total. The van der Waals surface area contributed by atoms with Crippen LogP contribution in [0.25, 0.3) is 0 Å². The normalized spacial score (nSPS) is 28.7. The number of piperazine rings is 1. The number of amides is 1. The van der Waals surface area contributed by atoms with Crippen molar-refractivity contribution < 1.29 is 18.0 Å². The van der Waals surface area contributed by atoms with Gasteiger partial charge in [-0.3, -0.25) is 9.69 Å². The average molecular weight is 371 g/mol. The summed E-state index contributed by atoms with van der Waals surface area (Å²) in [5, 5.41) is 0.919. The van der Waals surface area contributed by atoms with Crippen LogP contribution in [0.4, 0.5) is 13.2 Å². The highest BCUT2D eigenvalue weighted by atomic mass is 79.9. The van der Waals surface area contributed by atoms with Gasteiger partial charge in [-0.05, 0) is 25.7 Å². The Morgan fingerprint density at radius 2 is 1.62 bits per heavy atom. The van der Waals surface area contributed by atoms with E-state index in [1.165, 1.54) is 0 Å². The van der Waals surface area contributed by atoms with E-state index in [9.17, 15) is 18.0 Å². The first-order chi connectivity index (χ1) is 9.91. The molecule has 21 heavy (non-hydrogen) atoms. The largest absolute Gasteiger partial charge is 0.391 e. The van der Waals surface area contributed by atoms with E-state index < -0.39 is 12.1 Å². The quantitative estimate of drug-likeness (QED) is 0.713. The average Bonchev–Trinajstić information content (AvgIpc) is 2.47. The van der Waals surface area contributed by atoms with Crippen LogP contribution in [0.5, 0.6) is 0 Å². The molecule has 0 aromatic heterocycles. The minimum absolute atomic E-state index is 0.0640. The molecule has 2 aliphatic rings. The Balaban J connectivity index is 1.78. The second kappa shape index (κ2) is 7.31. The highest BCUT2D eigenvalue weighted by molar-refractivity contribution is 9.09. The summed E-state index contributed by atoms with van der Waals surface area (Å²) in [6.45, 7) is 4.08. The Kier molecular flexibility index (Phi) is 5.94. The van der Waals surface area contributed by atoms with Gasteiger partial charge in [-0.1, -0.05) is 15.9 Å². The molecule has 1 amide bonds. The number of hydrogen-bond donors (Lipinski definition) is 0. The zero-order valence-corrected chi connectivity index (χ0v) is 13.6. The number of nitrogens with zero attached hydrogens (tertiary/aromatic N) is 2. The Morgan fingerprint density at radius 3 is 2.10 bits per heavy atom. The van der Waals surface area contributed by atoms with E-state index >= 15 is 0 Å². The summed E-state index contributed by atoms with van der Waals surface area (Å²) in [7, 11) is 0. The van der Waals surface area contributed by atoms with Gasteiger partial charge in [0.05, 0.1) is 5.92 Å². The van der Waals surface area contributed by atoms with Gasteiger partial charge in [0.25, 0.3) is 0 Å². The second-order valence-corrected chi connectivity index (χ2v) is 6.74. The highest BCUT2D eigenvalue weighted by Gasteiger charge is 2.43. The molecule has 1 aliphatic carbocycles. The topological polar surface area (TPSA) is 23.6 Å². The Labute approximate surface area is 132 Å². The van der Waals surface area contributed by atoms with Crippen molar-refractivity contribution in [1.29, 1.82) is 0 Å². The van der Waals surface area contributed by atoms with Crippen LogP contribution in [-0.2, 0) is 4.79 Å². The van der Waals surface area contributed by atoms with Crippen molar-refractivity contribution in [3.63, 3.8) is 0 Å². The van der Waals surface area contributed by atoms with Gasteiger partial charge in [0.2, 0.25) is 5.91 Å². The number of carbonyl (C=O) groups excluding carboxylic acids is 1. The first-order valence-electron chi connectivity index (χ1n) is 7.55. The third kappa shape index (κ3) is 4.58. The molecule has 1 aliphatic heterocycles. The smallest absolute Gasteiger partial charge is 0.340 e. The number of hydrogen-bond acceptors (Lipinski definition) is 2. The molecule has 0 aromatic carbocycles. The second-order valence-electron chi connectivity index (χ2n) is 5.95. The molecule has 0 spiro atoms. The predicted molar refractivity (Wildman–Crippen MR) is 78.3 cm³/mol. The van der Waals surface area contributed by atoms with Crippen molar-refractivity contribution in [2.24, 2.45) is 11.8 Å². The van der Waals surface area contributed by atoms with Gasteiger partial charge in [0.15, 0.2) is 0 Å². The Hall–Kier alpha value is -0.300. The summed E-state index contributed by atoms with van der Waals surface area (Å²) in [4.78, 5) is 16.5. The molecule has 0 N–H and O–H groups in total. The fourth-order valence-corrected chi connectivity index (χ4v) is 3.74. The van der Waals surface area contributed by atoms with Gasteiger partial charge in [0, 0.05) is 44.0 Å². The third-order valence-electron chi connectivity index (χ3n) is 4.62. The maximum Gasteiger partial charge on any atom is 0.391 e. The van der Waals surface area contributed by atoms with Crippen LogP contribution in [0.3, 0.4) is 0 Å². The number of carbonyl (C=O) groups is 1. The van der Waals surface area contributed by atoms with Crippen LogP contribution in [0.15, 0.2) is 0 Å². The van der Waals surface area contributed by atoms with E-state index in [4.69, 9.17) is 0 Å². The molecule has 1 heterocycles. The van der Waals surface area contributed by atoms with E-state index in [1.54, 1.807) is 0 Å². The lowest BCUT2D eigenvalue weighted by atomic mass is 9.81. The summed E-state index contributed by atoms with van der Waals surface area (Å²) in [6, 6.07) is 0. The molecule has 0 radical (unpaired) electrons. The number of halogens is 4. The van der Waals surface area contributed by atoms with Crippen molar-refractivity contribution in [3.05, 3.63) is 0 Å². The molecule has 0 unspecified atom stereocenters. The summed E-state index contributed by atoms with van der Waals surface area (Å²) >= 11 is 3.40. The summed E-state index contributed by atoms with van der Waals surface area (Å²) < 4.78 is 37.9. The fraction of sp³-hybridized carbons (Fsp3) is 0.929. The predicted octanol–water partition coefficient (Wildman–Crippen LogP) is 2.89. The molecule has 2 fully saturated rings. The minimum atomic E-state index is -4.10. The fourth-order valence-electron chi connectivity index (χ4n) is 3.24. The van der Waals surface area contributed by atoms with Gasteiger partial charge >= 0.3 is 6.18 Å². The Morgan fingerprint density at radius 1 is 1.05 bits per heavy atom. The van der Waals surface area contributed by atoms with Crippen LogP contribution in [0.2, 0.25) is 0 Å². The summed E-state index contributed by atoms with van der Waals surface area (Å²) in [5.41, 5.74) is 0. The van der Waals surface area contributed by atoms with Crippen molar-refractivity contribution in [1.82, 2.24) is 9.80 Å². The molecule has 0 bridgehead atoms. The standard InChI is InChI=1S/C14H22BrF3N2O/c15-5-6-19-7-9-20(10-8-19)13(21)11-1-3-12(4-2-11)14(16,17)18/h11-12H,1-10H2. The lowest BCUT2D eigenvalue weighted by Gasteiger charge is -2.38. The van der Waals surface area contributed by atoms with Crippen LogP contribution in [-0.4, -0.2) is 59.9 Å². The van der Waals surface area contributed by atoms with Crippen LogP contribution >= 0.6 is 15.9 Å². The number of alkyl halides is 4. The van der Waals surface area contributed by atoms with E-state index in [-0.39, 0.29) is 24.7 Å². The van der Waals surface area contributed by atoms with Gasteiger partial charge < -0.3 is 4.90 Å². The summed E-state index contributed by atoms with van der Waals surface area (Å²) in [6.07, 6.45) is -3.14. The van der Waals surface area contributed by atoms with Crippen LogP contribution < -0.4 is 0 Å². The number of rotatable bonds is 3. The maximum atomic E-state index is 12.6. The zero-order valence-electron chi connectivity index (χ0n) is 12.0. The Bertz CT molecular complexity index is 349. The molecule has 1 saturated carbocycles.